The number of carboxylic acid groups (broad SMARTS) is 1. The molecule has 3 aromatic carbocycles. The smallest absolute Gasteiger partial charge is 0.300 e. The Kier molecular flexibility index (Phi) is 4.69. The molecular formula is C20H17BrO3. The number of hydrogen-bond donors (Lipinski definition) is 2. The van der Waals surface area contributed by atoms with Crippen LogP contribution in [0.2, 0.25) is 0 Å². The standard InChI is InChI=1S/C18H13BrO.C2H4O2/c19-17-15-8-4-3-7-13(15)14-10-9-11-5-1-2-6-12(11)16(14)18(17)20;1-2(3)4/h1-10,17-18,20H;1H3,(H,3,4)/t17-,18-;/m1./s1. The summed E-state index contributed by atoms with van der Waals surface area (Å²) in [6.45, 7) is 1.08. The van der Waals surface area contributed by atoms with E-state index in [9.17, 15) is 5.11 Å². The average molecular weight is 385 g/mol. The van der Waals surface area contributed by atoms with Crippen molar-refractivity contribution in [1.82, 2.24) is 0 Å². The molecule has 2 atom stereocenters. The highest BCUT2D eigenvalue weighted by atomic mass is 79.9. The first kappa shape index (κ1) is 16.7. The molecule has 0 radical (unpaired) electrons. The summed E-state index contributed by atoms with van der Waals surface area (Å²) in [4.78, 5) is 8.94. The molecule has 4 rings (SSSR count). The predicted molar refractivity (Wildman–Crippen MR) is 99.3 cm³/mol. The van der Waals surface area contributed by atoms with Crippen LogP contribution in [0.15, 0.2) is 60.7 Å². The molecule has 4 heteroatoms. The number of alkyl halides is 1. The molecule has 0 fully saturated rings. The van der Waals surface area contributed by atoms with Crippen LogP contribution in [0.3, 0.4) is 0 Å². The molecule has 1 aliphatic carbocycles. The SMILES string of the molecule is CC(=O)O.O[C@@H]1c2c(ccc3ccccc23)-c2ccccc2[C@H]1Br. The third-order valence-electron chi connectivity index (χ3n) is 4.09. The zero-order valence-electron chi connectivity index (χ0n) is 13.1. The quantitative estimate of drug-likeness (QED) is 0.531. The Labute approximate surface area is 148 Å². The van der Waals surface area contributed by atoms with Gasteiger partial charge in [-0.15, -0.1) is 0 Å². The minimum atomic E-state index is -0.833. The fourth-order valence-electron chi connectivity index (χ4n) is 3.15. The lowest BCUT2D eigenvalue weighted by atomic mass is 9.81. The van der Waals surface area contributed by atoms with E-state index in [2.05, 4.69) is 58.4 Å². The Balaban J connectivity index is 0.000000383. The van der Waals surface area contributed by atoms with Crippen LogP contribution in [0.4, 0.5) is 0 Å². The first-order valence-electron chi connectivity index (χ1n) is 7.63. The van der Waals surface area contributed by atoms with E-state index in [1.165, 1.54) is 10.9 Å². The number of aliphatic carboxylic acids is 1. The summed E-state index contributed by atoms with van der Waals surface area (Å²) in [7, 11) is 0. The number of aliphatic hydroxyl groups is 1. The molecule has 2 N–H and O–H groups in total. The van der Waals surface area contributed by atoms with E-state index < -0.39 is 12.1 Å². The lowest BCUT2D eigenvalue weighted by molar-refractivity contribution is -0.134. The molecule has 0 heterocycles. The monoisotopic (exact) mass is 384 g/mol. The fourth-order valence-corrected chi connectivity index (χ4v) is 3.81. The molecule has 24 heavy (non-hydrogen) atoms. The summed E-state index contributed by atoms with van der Waals surface area (Å²) >= 11 is 3.66. The van der Waals surface area contributed by atoms with Crippen LogP contribution in [0.25, 0.3) is 21.9 Å². The normalized spacial score (nSPS) is 18.1. The highest BCUT2D eigenvalue weighted by molar-refractivity contribution is 9.09. The molecule has 0 saturated carbocycles. The van der Waals surface area contributed by atoms with Crippen molar-refractivity contribution in [2.24, 2.45) is 0 Å². The number of rotatable bonds is 0. The number of hydrogen-bond acceptors (Lipinski definition) is 2. The van der Waals surface area contributed by atoms with E-state index in [1.807, 2.05) is 18.2 Å². The van der Waals surface area contributed by atoms with Crippen LogP contribution in [0.5, 0.6) is 0 Å². The van der Waals surface area contributed by atoms with Crippen LogP contribution in [0, 0.1) is 0 Å². The average Bonchev–Trinajstić information content (AvgIpc) is 2.58. The first-order chi connectivity index (χ1) is 11.5. The van der Waals surface area contributed by atoms with Crippen LogP contribution in [0.1, 0.15) is 29.0 Å². The second-order valence-electron chi connectivity index (χ2n) is 5.70. The maximum absolute atomic E-state index is 10.7. The topological polar surface area (TPSA) is 57.5 Å². The van der Waals surface area contributed by atoms with Crippen molar-refractivity contribution in [2.45, 2.75) is 17.9 Å². The zero-order chi connectivity index (χ0) is 17.3. The zero-order valence-corrected chi connectivity index (χ0v) is 14.7. The van der Waals surface area contributed by atoms with E-state index in [4.69, 9.17) is 9.90 Å². The van der Waals surface area contributed by atoms with Gasteiger partial charge in [0.15, 0.2) is 0 Å². The van der Waals surface area contributed by atoms with Crippen molar-refractivity contribution in [3.8, 4) is 11.1 Å². The largest absolute Gasteiger partial charge is 0.481 e. The fraction of sp³-hybridized carbons (Fsp3) is 0.150. The van der Waals surface area contributed by atoms with Gasteiger partial charge in [0.1, 0.15) is 0 Å². The molecule has 3 aromatic rings. The van der Waals surface area contributed by atoms with Crippen molar-refractivity contribution in [3.05, 3.63) is 71.8 Å². The Morgan fingerprint density at radius 1 is 0.958 bits per heavy atom. The number of aliphatic hydroxyl groups excluding tert-OH is 1. The van der Waals surface area contributed by atoms with Crippen molar-refractivity contribution in [1.29, 1.82) is 0 Å². The Bertz CT molecular complexity index is 900. The molecule has 0 aromatic heterocycles. The Hall–Kier alpha value is -2.17. The molecular weight excluding hydrogens is 368 g/mol. The van der Waals surface area contributed by atoms with Crippen molar-refractivity contribution >= 4 is 32.7 Å². The van der Waals surface area contributed by atoms with Crippen molar-refractivity contribution < 1.29 is 15.0 Å². The molecule has 1 aliphatic rings. The third kappa shape index (κ3) is 2.95. The summed E-state index contributed by atoms with van der Waals surface area (Å²) in [6.07, 6.45) is -0.522. The maximum atomic E-state index is 10.7. The van der Waals surface area contributed by atoms with Gasteiger partial charge in [-0.2, -0.15) is 0 Å². The summed E-state index contributed by atoms with van der Waals surface area (Å²) in [5, 5.41) is 20.5. The molecule has 0 bridgehead atoms. The molecule has 0 spiro atoms. The Morgan fingerprint density at radius 3 is 2.33 bits per heavy atom. The highest BCUT2D eigenvalue weighted by Gasteiger charge is 2.31. The second kappa shape index (κ2) is 6.75. The van der Waals surface area contributed by atoms with E-state index in [1.54, 1.807) is 0 Å². The molecule has 3 nitrogen and oxygen atoms in total. The van der Waals surface area contributed by atoms with E-state index in [0.717, 1.165) is 29.0 Å². The van der Waals surface area contributed by atoms with Gasteiger partial charge in [-0.1, -0.05) is 76.6 Å². The predicted octanol–water partition coefficient (Wildman–Crippen LogP) is 5.08. The van der Waals surface area contributed by atoms with Gasteiger partial charge < -0.3 is 10.2 Å². The van der Waals surface area contributed by atoms with Crippen LogP contribution in [-0.4, -0.2) is 16.2 Å². The van der Waals surface area contributed by atoms with E-state index >= 15 is 0 Å². The number of halogens is 1. The second-order valence-corrected chi connectivity index (χ2v) is 6.69. The summed E-state index contributed by atoms with van der Waals surface area (Å²) in [6, 6.07) is 20.8. The van der Waals surface area contributed by atoms with E-state index in [-0.39, 0.29) is 4.83 Å². The van der Waals surface area contributed by atoms with E-state index in [0.29, 0.717) is 0 Å². The summed E-state index contributed by atoms with van der Waals surface area (Å²) < 4.78 is 0. The van der Waals surface area contributed by atoms with Gasteiger partial charge in [0.05, 0.1) is 10.9 Å². The molecule has 0 unspecified atom stereocenters. The van der Waals surface area contributed by atoms with Gasteiger partial charge in [0.2, 0.25) is 0 Å². The molecule has 0 saturated heterocycles. The van der Waals surface area contributed by atoms with Gasteiger partial charge in [0, 0.05) is 6.92 Å². The molecule has 0 aliphatic heterocycles. The van der Waals surface area contributed by atoms with Crippen LogP contribution >= 0.6 is 15.9 Å². The highest BCUT2D eigenvalue weighted by Crippen LogP contribution is 2.50. The lowest BCUT2D eigenvalue weighted by Gasteiger charge is -2.30. The van der Waals surface area contributed by atoms with Gasteiger partial charge in [-0.05, 0) is 33.0 Å². The van der Waals surface area contributed by atoms with Crippen LogP contribution in [-0.2, 0) is 4.79 Å². The van der Waals surface area contributed by atoms with Gasteiger partial charge >= 0.3 is 0 Å². The van der Waals surface area contributed by atoms with Gasteiger partial charge in [0.25, 0.3) is 5.97 Å². The van der Waals surface area contributed by atoms with Gasteiger partial charge in [-0.25, -0.2) is 0 Å². The van der Waals surface area contributed by atoms with Crippen LogP contribution < -0.4 is 0 Å². The molecule has 0 amide bonds. The van der Waals surface area contributed by atoms with Gasteiger partial charge in [-0.3, -0.25) is 4.79 Å². The number of carbonyl (C=O) groups is 1. The number of fused-ring (bicyclic) bond motifs is 5. The Morgan fingerprint density at radius 2 is 1.58 bits per heavy atom. The number of benzene rings is 3. The first-order valence-corrected chi connectivity index (χ1v) is 8.55. The summed E-state index contributed by atoms with van der Waals surface area (Å²) in [5.41, 5.74) is 4.54. The van der Waals surface area contributed by atoms with Crippen molar-refractivity contribution in [2.75, 3.05) is 0 Å². The van der Waals surface area contributed by atoms with Crippen molar-refractivity contribution in [3.63, 3.8) is 0 Å². The minimum Gasteiger partial charge on any atom is -0.481 e. The lowest BCUT2D eigenvalue weighted by Crippen LogP contribution is -2.13. The number of carboxylic acids is 1. The molecule has 122 valence electrons. The summed E-state index contributed by atoms with van der Waals surface area (Å²) in [5.74, 6) is -0.833. The third-order valence-corrected chi connectivity index (χ3v) is 5.09. The maximum Gasteiger partial charge on any atom is 0.300 e. The minimum absolute atomic E-state index is 0.0583.